The second kappa shape index (κ2) is 5.55. The average Bonchev–Trinajstić information content (AvgIpc) is 2.00. The van der Waals surface area contributed by atoms with Crippen molar-refractivity contribution in [1.29, 1.82) is 0 Å². The summed E-state index contributed by atoms with van der Waals surface area (Å²) in [7, 11) is 0. The van der Waals surface area contributed by atoms with Crippen LogP contribution >= 0.6 is 0 Å². The van der Waals surface area contributed by atoms with Crippen LogP contribution in [-0.4, -0.2) is 16.3 Å². The van der Waals surface area contributed by atoms with Crippen molar-refractivity contribution in [3.8, 4) is 0 Å². The van der Waals surface area contributed by atoms with Crippen LogP contribution in [0.3, 0.4) is 0 Å². The molecule has 0 aromatic heterocycles. The van der Waals surface area contributed by atoms with Gasteiger partial charge in [-0.05, 0) is 25.5 Å². The molecule has 0 heterocycles. The number of hydrogen-bond acceptors (Lipinski definition) is 2. The Bertz CT molecular complexity index is 215. The van der Waals surface area contributed by atoms with Gasteiger partial charge in [0, 0.05) is 6.08 Å². The first-order chi connectivity index (χ1) is 5.57. The van der Waals surface area contributed by atoms with E-state index in [1.165, 1.54) is 12.2 Å². The van der Waals surface area contributed by atoms with Crippen LogP contribution in [0.1, 0.15) is 13.8 Å². The smallest absolute Gasteiger partial charge is 0.117 e. The van der Waals surface area contributed by atoms with Crippen molar-refractivity contribution in [2.75, 3.05) is 0 Å². The van der Waals surface area contributed by atoms with Gasteiger partial charge < -0.3 is 10.2 Å². The molecule has 2 nitrogen and oxygen atoms in total. The molecule has 0 aliphatic heterocycles. The summed E-state index contributed by atoms with van der Waals surface area (Å²) in [6, 6.07) is 0. The summed E-state index contributed by atoms with van der Waals surface area (Å²) in [5.41, 5.74) is 0.703. The third kappa shape index (κ3) is 4.68. The largest absolute Gasteiger partial charge is 0.508 e. The Balaban J connectivity index is 4.27. The van der Waals surface area contributed by atoms with Crippen molar-refractivity contribution in [1.82, 2.24) is 0 Å². The third-order valence-corrected chi connectivity index (χ3v) is 1.41. The van der Waals surface area contributed by atoms with Gasteiger partial charge in [-0.15, -0.1) is 0 Å². The first kappa shape index (κ1) is 10.9. The highest BCUT2D eigenvalue weighted by molar-refractivity contribution is 5.20. The van der Waals surface area contributed by atoms with Gasteiger partial charge in [0.1, 0.15) is 5.76 Å². The summed E-state index contributed by atoms with van der Waals surface area (Å²) in [5, 5.41) is 17.9. The Morgan fingerprint density at radius 3 is 2.42 bits per heavy atom. The van der Waals surface area contributed by atoms with Crippen LogP contribution in [0.4, 0.5) is 4.39 Å². The number of allylic oxidation sites excluding steroid dienone is 3. The maximum Gasteiger partial charge on any atom is 0.117 e. The van der Waals surface area contributed by atoms with Gasteiger partial charge in [-0.3, -0.25) is 0 Å². The molecule has 0 aliphatic rings. The highest BCUT2D eigenvalue weighted by Gasteiger charge is 1.94. The molecule has 0 rings (SSSR count). The zero-order chi connectivity index (χ0) is 9.56. The van der Waals surface area contributed by atoms with Crippen LogP contribution in [0.25, 0.3) is 0 Å². The fraction of sp³-hybridized carbons (Fsp3) is 0.333. The minimum atomic E-state index is -0.552. The minimum absolute atomic E-state index is 0.183. The fourth-order valence-corrected chi connectivity index (χ4v) is 0.476. The lowest BCUT2D eigenvalue weighted by atomic mass is 10.2. The van der Waals surface area contributed by atoms with Crippen molar-refractivity contribution in [2.45, 2.75) is 20.0 Å². The molecule has 68 valence electrons. The van der Waals surface area contributed by atoms with Crippen molar-refractivity contribution < 1.29 is 14.6 Å². The molecule has 2 N–H and O–H groups in total. The lowest BCUT2D eigenvalue weighted by Gasteiger charge is -2.01. The molecule has 0 aromatic rings. The Hall–Kier alpha value is -1.09. The molecule has 12 heavy (non-hydrogen) atoms. The van der Waals surface area contributed by atoms with Gasteiger partial charge in [-0.2, -0.15) is 0 Å². The van der Waals surface area contributed by atoms with Crippen LogP contribution in [0.5, 0.6) is 0 Å². The Labute approximate surface area is 71.3 Å². The molecule has 0 aliphatic carbocycles. The molecule has 0 saturated heterocycles. The molecule has 0 fully saturated rings. The van der Waals surface area contributed by atoms with Crippen molar-refractivity contribution >= 4 is 0 Å². The van der Waals surface area contributed by atoms with Crippen molar-refractivity contribution in [2.24, 2.45) is 0 Å². The molecule has 0 spiro atoms. The highest BCUT2D eigenvalue weighted by Crippen LogP contribution is 2.01. The van der Waals surface area contributed by atoms with E-state index in [1.54, 1.807) is 13.8 Å². The Morgan fingerprint density at radius 2 is 2.00 bits per heavy atom. The van der Waals surface area contributed by atoms with Crippen LogP contribution in [0, 0.1) is 0 Å². The third-order valence-electron chi connectivity index (χ3n) is 1.41. The topological polar surface area (TPSA) is 40.5 Å². The van der Waals surface area contributed by atoms with Crippen LogP contribution in [0.2, 0.25) is 0 Å². The molecule has 0 saturated carbocycles. The van der Waals surface area contributed by atoms with Gasteiger partial charge >= 0.3 is 0 Å². The summed E-state index contributed by atoms with van der Waals surface area (Å²) in [6.45, 7) is 3.33. The number of aliphatic hydroxyl groups is 2. The van der Waals surface area contributed by atoms with Crippen LogP contribution in [-0.2, 0) is 0 Å². The lowest BCUT2D eigenvalue weighted by molar-refractivity contribution is 0.231. The summed E-state index contributed by atoms with van der Waals surface area (Å²) >= 11 is 0. The zero-order valence-corrected chi connectivity index (χ0v) is 7.16. The van der Waals surface area contributed by atoms with Gasteiger partial charge in [0.25, 0.3) is 0 Å². The van der Waals surface area contributed by atoms with E-state index < -0.39 is 6.10 Å². The van der Waals surface area contributed by atoms with E-state index in [1.807, 2.05) is 0 Å². The molecular weight excluding hydrogens is 159 g/mol. The van der Waals surface area contributed by atoms with Crippen molar-refractivity contribution in [3.63, 3.8) is 0 Å². The van der Waals surface area contributed by atoms with E-state index in [9.17, 15) is 4.39 Å². The SMILES string of the molecule is C\C(=C/C=C(O)\C=C\F)C(C)O. The van der Waals surface area contributed by atoms with Crippen molar-refractivity contribution in [3.05, 3.63) is 35.9 Å². The predicted molar refractivity (Wildman–Crippen MR) is 46.4 cm³/mol. The van der Waals surface area contributed by atoms with E-state index in [4.69, 9.17) is 10.2 Å². The van der Waals surface area contributed by atoms with E-state index in [2.05, 4.69) is 0 Å². The maximum absolute atomic E-state index is 11.5. The molecule has 0 amide bonds. The first-order valence-electron chi connectivity index (χ1n) is 3.60. The van der Waals surface area contributed by atoms with Gasteiger partial charge in [0.05, 0.1) is 12.4 Å². The Morgan fingerprint density at radius 1 is 1.42 bits per heavy atom. The van der Waals surface area contributed by atoms with Crippen LogP contribution < -0.4 is 0 Å². The number of rotatable bonds is 3. The van der Waals surface area contributed by atoms with E-state index >= 15 is 0 Å². The molecule has 0 aromatic carbocycles. The molecule has 1 atom stereocenters. The van der Waals surface area contributed by atoms with Crippen LogP contribution in [0.15, 0.2) is 35.9 Å². The monoisotopic (exact) mass is 172 g/mol. The standard InChI is InChI=1S/C9H13FO2/c1-7(8(2)11)3-4-9(12)5-6-10/h3-6,8,11-12H,1-2H3/b6-5+,7-3+,9-4+. The Kier molecular flexibility index (Phi) is 5.04. The number of hydrogen-bond donors (Lipinski definition) is 2. The summed E-state index contributed by atoms with van der Waals surface area (Å²) in [4.78, 5) is 0. The summed E-state index contributed by atoms with van der Waals surface area (Å²) in [6.07, 6.45) is 3.46. The average molecular weight is 172 g/mol. The highest BCUT2D eigenvalue weighted by atomic mass is 19.1. The van der Waals surface area contributed by atoms with E-state index in [0.29, 0.717) is 5.57 Å². The van der Waals surface area contributed by atoms with Gasteiger partial charge in [0.2, 0.25) is 0 Å². The maximum atomic E-state index is 11.5. The molecule has 0 radical (unpaired) electrons. The summed E-state index contributed by atoms with van der Waals surface area (Å²) < 4.78 is 11.5. The predicted octanol–water partition coefficient (Wildman–Crippen LogP) is 2.24. The van der Waals surface area contributed by atoms with Gasteiger partial charge in [-0.25, -0.2) is 4.39 Å². The second-order valence-corrected chi connectivity index (χ2v) is 2.47. The fourth-order valence-electron chi connectivity index (χ4n) is 0.476. The first-order valence-corrected chi connectivity index (χ1v) is 3.60. The lowest BCUT2D eigenvalue weighted by Crippen LogP contribution is -1.99. The zero-order valence-electron chi connectivity index (χ0n) is 7.16. The van der Waals surface area contributed by atoms with E-state index in [0.717, 1.165) is 6.08 Å². The second-order valence-electron chi connectivity index (χ2n) is 2.47. The molecule has 3 heteroatoms. The minimum Gasteiger partial charge on any atom is -0.508 e. The number of aliphatic hydroxyl groups excluding tert-OH is 2. The quantitative estimate of drug-likeness (QED) is 0.506. The molecular formula is C9H13FO2. The normalized spacial score (nSPS) is 17.0. The number of halogens is 1. The van der Waals surface area contributed by atoms with E-state index in [-0.39, 0.29) is 12.1 Å². The molecule has 0 bridgehead atoms. The molecule has 1 unspecified atom stereocenters. The van der Waals surface area contributed by atoms with Gasteiger partial charge in [0.15, 0.2) is 0 Å². The summed E-state index contributed by atoms with van der Waals surface area (Å²) in [5.74, 6) is -0.183. The van der Waals surface area contributed by atoms with Gasteiger partial charge in [-0.1, -0.05) is 6.08 Å².